The Morgan fingerprint density at radius 1 is 0.889 bits per heavy atom. The van der Waals surface area contributed by atoms with E-state index in [0.717, 1.165) is 0 Å². The van der Waals surface area contributed by atoms with Crippen molar-refractivity contribution in [3.05, 3.63) is 0 Å². The lowest BCUT2D eigenvalue weighted by molar-refractivity contribution is -0.149. The normalized spacial score (nSPS) is 14.1. The van der Waals surface area contributed by atoms with E-state index >= 15 is 0 Å². The van der Waals surface area contributed by atoms with Gasteiger partial charge in [-0.2, -0.15) is 0 Å². The molecule has 0 aromatic rings. The van der Waals surface area contributed by atoms with Gasteiger partial charge in [0.1, 0.15) is 11.6 Å². The van der Waals surface area contributed by atoms with Crippen molar-refractivity contribution in [2.45, 2.75) is 47.5 Å². The van der Waals surface area contributed by atoms with E-state index in [9.17, 15) is 14.4 Å². The molecule has 0 amide bonds. The Morgan fingerprint density at radius 2 is 1.39 bits per heavy atom. The molecule has 0 N–H and O–H groups in total. The van der Waals surface area contributed by atoms with E-state index in [1.54, 1.807) is 20.8 Å². The number of hydrogen-bond donors (Lipinski definition) is 0. The van der Waals surface area contributed by atoms with Crippen molar-refractivity contribution in [1.29, 1.82) is 0 Å². The molecule has 0 aromatic carbocycles. The summed E-state index contributed by atoms with van der Waals surface area (Å²) in [5.41, 5.74) is 0. The van der Waals surface area contributed by atoms with E-state index in [2.05, 4.69) is 0 Å². The number of ether oxygens (including phenoxy) is 1. The summed E-state index contributed by atoms with van der Waals surface area (Å²) >= 11 is 0. The fraction of sp³-hybridized carbons (Fsp3) is 0.786. The molecule has 0 rings (SSSR count). The summed E-state index contributed by atoms with van der Waals surface area (Å²) in [5.74, 6) is -1.13. The van der Waals surface area contributed by atoms with Gasteiger partial charge in [0.05, 0.1) is 12.5 Å². The predicted octanol–water partition coefficient (Wildman–Crippen LogP) is 2.40. The van der Waals surface area contributed by atoms with Crippen molar-refractivity contribution < 1.29 is 19.1 Å². The quantitative estimate of drug-likeness (QED) is 0.626. The Labute approximate surface area is 109 Å². The average molecular weight is 256 g/mol. The van der Waals surface area contributed by atoms with Crippen molar-refractivity contribution in [3.8, 4) is 0 Å². The summed E-state index contributed by atoms with van der Waals surface area (Å²) in [5, 5.41) is 0. The minimum absolute atomic E-state index is 0.0513. The van der Waals surface area contributed by atoms with Crippen molar-refractivity contribution in [1.82, 2.24) is 0 Å². The molecule has 0 unspecified atom stereocenters. The molecule has 0 fully saturated rings. The van der Waals surface area contributed by atoms with E-state index in [1.165, 1.54) is 0 Å². The molecular formula is C14H24O4. The van der Waals surface area contributed by atoms with Crippen LogP contribution in [0.5, 0.6) is 0 Å². The molecule has 4 heteroatoms. The third kappa shape index (κ3) is 5.94. The van der Waals surface area contributed by atoms with Crippen molar-refractivity contribution >= 4 is 17.5 Å². The summed E-state index contributed by atoms with van der Waals surface area (Å²) in [7, 11) is 0. The first kappa shape index (κ1) is 16.8. The highest BCUT2D eigenvalue weighted by Crippen LogP contribution is 2.15. The van der Waals surface area contributed by atoms with Gasteiger partial charge in [-0.1, -0.05) is 27.7 Å². The monoisotopic (exact) mass is 256 g/mol. The van der Waals surface area contributed by atoms with Crippen LogP contribution >= 0.6 is 0 Å². The average Bonchev–Trinajstić information content (AvgIpc) is 2.28. The molecule has 0 aliphatic carbocycles. The lowest BCUT2D eigenvalue weighted by Crippen LogP contribution is -2.23. The Kier molecular flexibility index (Phi) is 7.48. The van der Waals surface area contributed by atoms with E-state index in [1.807, 2.05) is 13.8 Å². The minimum Gasteiger partial charge on any atom is -0.466 e. The molecule has 0 spiro atoms. The van der Waals surface area contributed by atoms with Gasteiger partial charge < -0.3 is 4.74 Å². The number of Topliss-reactive ketones (excluding diaryl/α,β-unsaturated/α-hetero) is 2. The first-order valence-electron chi connectivity index (χ1n) is 6.51. The number of hydrogen-bond acceptors (Lipinski definition) is 4. The third-order valence-corrected chi connectivity index (χ3v) is 2.90. The van der Waals surface area contributed by atoms with Crippen molar-refractivity contribution in [2.75, 3.05) is 6.61 Å². The van der Waals surface area contributed by atoms with Crippen molar-refractivity contribution in [2.24, 2.45) is 17.8 Å². The number of rotatable bonds is 8. The molecule has 2 atom stereocenters. The molecular weight excluding hydrogens is 232 g/mol. The highest BCUT2D eigenvalue weighted by Gasteiger charge is 2.23. The van der Waals surface area contributed by atoms with Gasteiger partial charge in [0.2, 0.25) is 0 Å². The molecule has 0 radical (unpaired) electrons. The number of esters is 1. The predicted molar refractivity (Wildman–Crippen MR) is 69.0 cm³/mol. The summed E-state index contributed by atoms with van der Waals surface area (Å²) < 4.78 is 4.85. The van der Waals surface area contributed by atoms with Gasteiger partial charge in [-0.05, 0) is 6.92 Å². The van der Waals surface area contributed by atoms with Crippen LogP contribution in [-0.4, -0.2) is 24.1 Å². The van der Waals surface area contributed by atoms with Crippen LogP contribution in [0.15, 0.2) is 0 Å². The van der Waals surface area contributed by atoms with Crippen LogP contribution in [0.1, 0.15) is 47.5 Å². The maximum Gasteiger partial charge on any atom is 0.309 e. The van der Waals surface area contributed by atoms with Gasteiger partial charge in [0, 0.05) is 24.7 Å². The highest BCUT2D eigenvalue weighted by molar-refractivity contribution is 5.90. The van der Waals surface area contributed by atoms with Crippen LogP contribution in [0.3, 0.4) is 0 Å². The van der Waals surface area contributed by atoms with Crippen LogP contribution in [0.25, 0.3) is 0 Å². The Balaban J connectivity index is 4.23. The summed E-state index contributed by atoms with van der Waals surface area (Å²) in [6, 6.07) is 0. The zero-order valence-corrected chi connectivity index (χ0v) is 12.0. The smallest absolute Gasteiger partial charge is 0.309 e. The third-order valence-electron chi connectivity index (χ3n) is 2.90. The fourth-order valence-electron chi connectivity index (χ4n) is 1.52. The van der Waals surface area contributed by atoms with Crippen LogP contribution in [0.4, 0.5) is 0 Å². The lowest BCUT2D eigenvalue weighted by Gasteiger charge is -2.14. The van der Waals surface area contributed by atoms with E-state index in [-0.39, 0.29) is 42.2 Å². The Bertz CT molecular complexity index is 307. The molecule has 104 valence electrons. The summed E-state index contributed by atoms with van der Waals surface area (Å²) in [4.78, 5) is 34.8. The van der Waals surface area contributed by atoms with Crippen LogP contribution in [-0.2, 0) is 19.1 Å². The molecule has 0 aliphatic heterocycles. The number of carbonyl (C=O) groups is 3. The van der Waals surface area contributed by atoms with E-state index in [0.29, 0.717) is 6.61 Å². The fourth-order valence-corrected chi connectivity index (χ4v) is 1.52. The largest absolute Gasteiger partial charge is 0.466 e. The number of ketones is 2. The van der Waals surface area contributed by atoms with Gasteiger partial charge in [-0.15, -0.1) is 0 Å². The summed E-state index contributed by atoms with van der Waals surface area (Å²) in [6.45, 7) is 9.10. The maximum absolute atomic E-state index is 11.9. The zero-order valence-electron chi connectivity index (χ0n) is 12.0. The SMILES string of the molecule is CCOC(=O)[C@H](C)CC(=O)[C@H](C)CC(=O)C(C)C. The van der Waals surface area contributed by atoms with Crippen LogP contribution in [0.2, 0.25) is 0 Å². The van der Waals surface area contributed by atoms with Gasteiger partial charge in [0.15, 0.2) is 0 Å². The molecule has 0 saturated carbocycles. The molecule has 4 nitrogen and oxygen atoms in total. The first-order valence-corrected chi connectivity index (χ1v) is 6.51. The van der Waals surface area contributed by atoms with Gasteiger partial charge >= 0.3 is 5.97 Å². The van der Waals surface area contributed by atoms with Crippen molar-refractivity contribution in [3.63, 3.8) is 0 Å². The highest BCUT2D eigenvalue weighted by atomic mass is 16.5. The molecule has 0 heterocycles. The van der Waals surface area contributed by atoms with Gasteiger partial charge in [-0.25, -0.2) is 0 Å². The van der Waals surface area contributed by atoms with Gasteiger partial charge in [-0.3, -0.25) is 14.4 Å². The minimum atomic E-state index is -0.436. The lowest BCUT2D eigenvalue weighted by atomic mass is 9.90. The van der Waals surface area contributed by atoms with Gasteiger partial charge in [0.25, 0.3) is 0 Å². The standard InChI is InChI=1S/C14H24O4/c1-6-18-14(17)11(5)8-13(16)10(4)7-12(15)9(2)3/h9-11H,6-8H2,1-5H3/t10-,11-/m1/s1. The second-order valence-corrected chi connectivity index (χ2v) is 5.05. The van der Waals surface area contributed by atoms with E-state index in [4.69, 9.17) is 4.74 Å². The Morgan fingerprint density at radius 3 is 1.83 bits per heavy atom. The number of carbonyl (C=O) groups excluding carboxylic acids is 3. The molecule has 18 heavy (non-hydrogen) atoms. The maximum atomic E-state index is 11.9. The van der Waals surface area contributed by atoms with E-state index < -0.39 is 5.92 Å². The Hall–Kier alpha value is -1.19. The molecule has 0 aromatic heterocycles. The van der Waals surface area contributed by atoms with Crippen LogP contribution in [0, 0.1) is 17.8 Å². The first-order chi connectivity index (χ1) is 8.29. The van der Waals surface area contributed by atoms with Crippen LogP contribution < -0.4 is 0 Å². The molecule has 0 bridgehead atoms. The second kappa shape index (κ2) is 8.01. The zero-order chi connectivity index (χ0) is 14.3. The topological polar surface area (TPSA) is 60.4 Å². The molecule has 0 aliphatic rings. The second-order valence-electron chi connectivity index (χ2n) is 5.05. The molecule has 0 saturated heterocycles. The summed E-state index contributed by atoms with van der Waals surface area (Å²) in [6.07, 6.45) is 0.400.